The number of hydrogen-bond acceptors (Lipinski definition) is 1. The Hall–Kier alpha value is -4.71. The van der Waals surface area contributed by atoms with Gasteiger partial charge in [-0.3, -0.25) is 0 Å². The van der Waals surface area contributed by atoms with E-state index in [9.17, 15) is 0 Å². The Labute approximate surface area is 233 Å². The van der Waals surface area contributed by atoms with Crippen molar-refractivity contribution in [1.29, 1.82) is 0 Å². The average Bonchev–Trinajstić information content (AvgIpc) is 3.03. The van der Waals surface area contributed by atoms with Gasteiger partial charge in [0.1, 0.15) is 0 Å². The molecular weight excluding hydrogens is 503 g/mol. The van der Waals surface area contributed by atoms with E-state index in [1.165, 1.54) is 37.9 Å². The third-order valence-electron chi connectivity index (χ3n) is 8.29. The van der Waals surface area contributed by atoms with Gasteiger partial charge in [-0.25, -0.2) is 0 Å². The van der Waals surface area contributed by atoms with Gasteiger partial charge in [-0.05, 0) is 60.3 Å². The highest BCUT2D eigenvalue weighted by Gasteiger charge is 2.30. The predicted octanol–water partition coefficient (Wildman–Crippen LogP) is 9.04. The van der Waals surface area contributed by atoms with E-state index < -0.39 is 7.14 Å². The lowest BCUT2D eigenvalue weighted by Gasteiger charge is -2.21. The van der Waals surface area contributed by atoms with Crippen LogP contribution in [0.1, 0.15) is 0 Å². The fourth-order valence-electron chi connectivity index (χ4n) is 6.30. The van der Waals surface area contributed by atoms with E-state index in [1.54, 1.807) is 0 Å². The molecule has 0 aliphatic rings. The summed E-state index contributed by atoms with van der Waals surface area (Å²) in [4.78, 5) is 0. The molecule has 0 radical (unpaired) electrons. The van der Waals surface area contributed by atoms with Crippen molar-refractivity contribution in [2.45, 2.75) is 0 Å². The van der Waals surface area contributed by atoms with Gasteiger partial charge < -0.3 is 4.57 Å². The van der Waals surface area contributed by atoms with Crippen LogP contribution in [0.5, 0.6) is 0 Å². The minimum atomic E-state index is -3.09. The van der Waals surface area contributed by atoms with Gasteiger partial charge in [0, 0.05) is 15.9 Å². The third-order valence-corrected chi connectivity index (χ3v) is 11.3. The summed E-state index contributed by atoms with van der Waals surface area (Å²) in [6.45, 7) is 0. The summed E-state index contributed by atoms with van der Waals surface area (Å²) in [7, 11) is -3.09. The highest BCUT2D eigenvalue weighted by atomic mass is 31.2. The zero-order chi connectivity index (χ0) is 26.7. The Bertz CT molecular complexity index is 2210. The summed E-state index contributed by atoms with van der Waals surface area (Å²) in [5.41, 5.74) is 2.32. The number of rotatable bonds is 4. The minimum absolute atomic E-state index is 0.843. The van der Waals surface area contributed by atoms with Crippen molar-refractivity contribution in [2.24, 2.45) is 0 Å². The van der Waals surface area contributed by atoms with Crippen LogP contribution in [0, 0.1) is 0 Å². The first-order chi connectivity index (χ1) is 19.7. The molecule has 0 bridgehead atoms. The van der Waals surface area contributed by atoms with Crippen LogP contribution in [0.4, 0.5) is 0 Å². The molecule has 0 aliphatic heterocycles. The Morgan fingerprint density at radius 3 is 1.70 bits per heavy atom. The molecule has 8 aromatic carbocycles. The van der Waals surface area contributed by atoms with E-state index in [0.29, 0.717) is 0 Å². The van der Waals surface area contributed by atoms with Crippen LogP contribution in [0.25, 0.3) is 54.2 Å². The van der Waals surface area contributed by atoms with Crippen molar-refractivity contribution >= 4 is 66.1 Å². The summed E-state index contributed by atoms with van der Waals surface area (Å²) in [5.74, 6) is 0. The fraction of sp³-hybridized carbons (Fsp3) is 0. The van der Waals surface area contributed by atoms with Crippen LogP contribution in [0.2, 0.25) is 0 Å². The molecule has 0 fully saturated rings. The molecule has 0 aliphatic carbocycles. The zero-order valence-electron chi connectivity index (χ0n) is 21.8. The van der Waals surface area contributed by atoms with Gasteiger partial charge in [0.15, 0.2) is 7.14 Å². The highest BCUT2D eigenvalue weighted by molar-refractivity contribution is 7.85. The van der Waals surface area contributed by atoms with Crippen molar-refractivity contribution < 1.29 is 4.57 Å². The molecule has 2 heteroatoms. The lowest BCUT2D eigenvalue weighted by molar-refractivity contribution is 0.592. The minimum Gasteiger partial charge on any atom is -0.309 e. The Morgan fingerprint density at radius 1 is 0.375 bits per heavy atom. The van der Waals surface area contributed by atoms with E-state index in [0.717, 1.165) is 32.2 Å². The zero-order valence-corrected chi connectivity index (χ0v) is 22.7. The largest absolute Gasteiger partial charge is 0.309 e. The number of fused-ring (bicyclic) bond motifs is 1. The van der Waals surface area contributed by atoms with E-state index >= 15 is 4.57 Å². The molecule has 8 aromatic rings. The lowest BCUT2D eigenvalue weighted by Crippen LogP contribution is -2.25. The number of hydrogen-bond donors (Lipinski definition) is 0. The molecule has 0 saturated heterocycles. The third kappa shape index (κ3) is 3.45. The fourth-order valence-corrected chi connectivity index (χ4v) is 8.96. The molecule has 1 unspecified atom stereocenters. The first-order valence-corrected chi connectivity index (χ1v) is 15.3. The van der Waals surface area contributed by atoms with E-state index in [-0.39, 0.29) is 0 Å². The van der Waals surface area contributed by atoms with Crippen LogP contribution >= 0.6 is 7.14 Å². The molecular formula is C38H25OP. The molecule has 1 nitrogen and oxygen atoms in total. The molecule has 0 aromatic heterocycles. The molecule has 0 spiro atoms. The Kier molecular flexibility index (Phi) is 5.17. The van der Waals surface area contributed by atoms with Crippen LogP contribution in [0.15, 0.2) is 152 Å². The standard InChI is InChI=1S/C38H25OP/c39-40(32-11-2-1-3-12-32,34-22-15-26-7-4-5-8-31(26)25-34)33-20-16-27(17-21-33)35-23-18-30-14-13-28-9-6-10-29-19-24-36(35)38(30)37(28)29/h1-25H. The smallest absolute Gasteiger partial charge is 0.171 e. The first-order valence-electron chi connectivity index (χ1n) is 13.6. The Balaban J connectivity index is 1.30. The highest BCUT2D eigenvalue weighted by Crippen LogP contribution is 2.44. The first kappa shape index (κ1) is 23.2. The van der Waals surface area contributed by atoms with Gasteiger partial charge in [-0.15, -0.1) is 0 Å². The summed E-state index contributed by atoms with van der Waals surface area (Å²) in [6, 6.07) is 52.6. The average molecular weight is 529 g/mol. The van der Waals surface area contributed by atoms with E-state index in [1.807, 2.05) is 48.5 Å². The van der Waals surface area contributed by atoms with Gasteiger partial charge >= 0.3 is 0 Å². The second-order valence-corrected chi connectivity index (χ2v) is 13.3. The summed E-state index contributed by atoms with van der Waals surface area (Å²) in [5, 5.41) is 12.5. The van der Waals surface area contributed by atoms with Crippen molar-refractivity contribution in [2.75, 3.05) is 0 Å². The predicted molar refractivity (Wildman–Crippen MR) is 172 cm³/mol. The SMILES string of the molecule is O=P(c1ccccc1)(c1ccc(-c2ccc3ccc4cccc5ccc2c3c45)cc1)c1ccc2ccccc2c1. The van der Waals surface area contributed by atoms with E-state index in [2.05, 4.69) is 103 Å². The molecule has 188 valence electrons. The maximum atomic E-state index is 15.2. The van der Waals surface area contributed by atoms with Crippen molar-refractivity contribution in [1.82, 2.24) is 0 Å². The van der Waals surface area contributed by atoms with Gasteiger partial charge in [0.2, 0.25) is 0 Å². The summed E-state index contributed by atoms with van der Waals surface area (Å²) >= 11 is 0. The quantitative estimate of drug-likeness (QED) is 0.165. The molecule has 8 rings (SSSR count). The summed E-state index contributed by atoms with van der Waals surface area (Å²) < 4.78 is 15.2. The number of benzene rings is 8. The Morgan fingerprint density at radius 2 is 0.925 bits per heavy atom. The van der Waals surface area contributed by atoms with E-state index in [4.69, 9.17) is 0 Å². The molecule has 0 amide bonds. The monoisotopic (exact) mass is 528 g/mol. The van der Waals surface area contributed by atoms with Crippen molar-refractivity contribution in [3.63, 3.8) is 0 Å². The maximum Gasteiger partial charge on any atom is 0.171 e. The second kappa shape index (κ2) is 8.91. The van der Waals surface area contributed by atoms with Crippen LogP contribution in [-0.4, -0.2) is 0 Å². The molecule has 0 N–H and O–H groups in total. The molecule has 0 heterocycles. The molecule has 40 heavy (non-hydrogen) atoms. The van der Waals surface area contributed by atoms with Gasteiger partial charge in [-0.1, -0.05) is 146 Å². The van der Waals surface area contributed by atoms with Gasteiger partial charge in [0.05, 0.1) is 0 Å². The normalized spacial score (nSPS) is 13.3. The molecule has 1 atom stereocenters. The van der Waals surface area contributed by atoms with Crippen molar-refractivity contribution in [3.8, 4) is 11.1 Å². The second-order valence-electron chi connectivity index (χ2n) is 10.5. The van der Waals surface area contributed by atoms with Gasteiger partial charge in [0.25, 0.3) is 0 Å². The summed E-state index contributed by atoms with van der Waals surface area (Å²) in [6.07, 6.45) is 0. The van der Waals surface area contributed by atoms with Gasteiger partial charge in [-0.2, -0.15) is 0 Å². The topological polar surface area (TPSA) is 17.1 Å². The van der Waals surface area contributed by atoms with Crippen LogP contribution in [0.3, 0.4) is 0 Å². The maximum absolute atomic E-state index is 15.2. The lowest BCUT2D eigenvalue weighted by atomic mass is 9.90. The molecule has 0 saturated carbocycles. The van der Waals surface area contributed by atoms with Crippen LogP contribution < -0.4 is 15.9 Å². The van der Waals surface area contributed by atoms with Crippen molar-refractivity contribution in [3.05, 3.63) is 152 Å². The van der Waals surface area contributed by atoms with Crippen LogP contribution in [-0.2, 0) is 4.57 Å².